The van der Waals surface area contributed by atoms with Crippen molar-refractivity contribution in [3.05, 3.63) is 0 Å². The van der Waals surface area contributed by atoms with Gasteiger partial charge in [-0.2, -0.15) is 5.26 Å². The lowest BCUT2D eigenvalue weighted by atomic mass is 10.5. The Morgan fingerprint density at radius 3 is 2.55 bits per heavy atom. The van der Waals surface area contributed by atoms with E-state index in [1.54, 1.807) is 0 Å². The molecule has 0 heterocycles. The van der Waals surface area contributed by atoms with Crippen molar-refractivity contribution < 1.29 is 18.3 Å². The van der Waals surface area contributed by atoms with Crippen LogP contribution in [-0.2, 0) is 14.8 Å². The zero-order chi connectivity index (χ0) is 8.91. The minimum atomic E-state index is -3.72. The van der Waals surface area contributed by atoms with Gasteiger partial charge in [0, 0.05) is 0 Å². The van der Waals surface area contributed by atoms with Crippen molar-refractivity contribution in [2.24, 2.45) is 0 Å². The molecule has 0 aliphatic heterocycles. The fourth-order valence-electron chi connectivity index (χ4n) is 0.342. The highest BCUT2D eigenvalue weighted by molar-refractivity contribution is 7.89. The number of nitrogens with zero attached hydrogens (tertiary/aromatic N) is 1. The Labute approximate surface area is 63.5 Å². The highest BCUT2D eigenvalue weighted by atomic mass is 32.2. The normalized spacial score (nSPS) is 10.1. The fraction of sp³-hybridized carbons (Fsp3) is 0.500. The van der Waals surface area contributed by atoms with Crippen molar-refractivity contribution in [2.45, 2.75) is 6.42 Å². The summed E-state index contributed by atoms with van der Waals surface area (Å²) >= 11 is 0. The minimum Gasteiger partial charge on any atom is -0.481 e. The standard InChI is InChI=1S/C4H6N2O4S/c5-3-6-11(9,10)2-1-4(7)8/h6H,1-2H2,(H,7,8). The molecule has 62 valence electrons. The number of aliphatic carboxylic acids is 1. The molecule has 0 aromatic carbocycles. The number of hydrogen-bond donors (Lipinski definition) is 2. The summed E-state index contributed by atoms with van der Waals surface area (Å²) in [6, 6.07) is 0. The molecular weight excluding hydrogens is 172 g/mol. The van der Waals surface area contributed by atoms with Crippen LogP contribution in [0.15, 0.2) is 0 Å². The first kappa shape index (κ1) is 9.71. The number of rotatable bonds is 4. The van der Waals surface area contributed by atoms with E-state index in [0.29, 0.717) is 0 Å². The van der Waals surface area contributed by atoms with Crippen LogP contribution in [0.1, 0.15) is 6.42 Å². The third kappa shape index (κ3) is 5.17. The van der Waals surface area contributed by atoms with Crippen LogP contribution < -0.4 is 4.72 Å². The van der Waals surface area contributed by atoms with Crippen LogP contribution in [0.5, 0.6) is 0 Å². The number of nitriles is 1. The molecule has 0 rings (SSSR count). The lowest BCUT2D eigenvalue weighted by Crippen LogP contribution is -2.23. The lowest BCUT2D eigenvalue weighted by Gasteiger charge is -1.96. The van der Waals surface area contributed by atoms with Crippen molar-refractivity contribution >= 4 is 16.0 Å². The summed E-state index contributed by atoms with van der Waals surface area (Å²) < 4.78 is 22.6. The molecule has 0 saturated heterocycles. The van der Waals surface area contributed by atoms with E-state index in [9.17, 15) is 13.2 Å². The molecule has 7 heteroatoms. The number of nitrogens with one attached hydrogen (secondary N) is 1. The van der Waals surface area contributed by atoms with E-state index in [0.717, 1.165) is 0 Å². The maximum atomic E-state index is 10.5. The van der Waals surface area contributed by atoms with Crippen LogP contribution in [0.2, 0.25) is 0 Å². The van der Waals surface area contributed by atoms with Gasteiger partial charge >= 0.3 is 5.97 Å². The summed E-state index contributed by atoms with van der Waals surface area (Å²) in [5, 5.41) is 15.9. The summed E-state index contributed by atoms with van der Waals surface area (Å²) in [7, 11) is -3.72. The van der Waals surface area contributed by atoms with Gasteiger partial charge in [-0.1, -0.05) is 0 Å². The van der Waals surface area contributed by atoms with Gasteiger partial charge in [0.15, 0.2) is 6.19 Å². The Kier molecular flexibility index (Phi) is 3.33. The number of sulfonamides is 1. The molecule has 2 N–H and O–H groups in total. The van der Waals surface area contributed by atoms with Crippen molar-refractivity contribution in [3.8, 4) is 6.19 Å². The third-order valence-electron chi connectivity index (χ3n) is 0.786. The monoisotopic (exact) mass is 178 g/mol. The van der Waals surface area contributed by atoms with Gasteiger partial charge in [0.1, 0.15) is 0 Å². The molecule has 0 aliphatic rings. The molecule has 0 radical (unpaired) electrons. The van der Waals surface area contributed by atoms with Gasteiger partial charge in [-0.05, 0) is 0 Å². The summed E-state index contributed by atoms with van der Waals surface area (Å²) in [5.74, 6) is -1.79. The van der Waals surface area contributed by atoms with Crippen LogP contribution in [0.25, 0.3) is 0 Å². The van der Waals surface area contributed by atoms with Gasteiger partial charge in [-0.3, -0.25) is 4.79 Å². The van der Waals surface area contributed by atoms with Crippen LogP contribution in [-0.4, -0.2) is 25.2 Å². The second-order valence-corrected chi connectivity index (χ2v) is 3.52. The molecule has 0 atom stereocenters. The van der Waals surface area contributed by atoms with Crippen molar-refractivity contribution in [3.63, 3.8) is 0 Å². The van der Waals surface area contributed by atoms with Gasteiger partial charge in [-0.15, -0.1) is 0 Å². The van der Waals surface area contributed by atoms with Crippen LogP contribution in [0, 0.1) is 11.5 Å². The van der Waals surface area contributed by atoms with E-state index in [2.05, 4.69) is 0 Å². The van der Waals surface area contributed by atoms with Crippen molar-refractivity contribution in [1.82, 2.24) is 4.72 Å². The summed E-state index contributed by atoms with van der Waals surface area (Å²) in [6.45, 7) is 0. The van der Waals surface area contributed by atoms with Gasteiger partial charge in [-0.25, -0.2) is 13.1 Å². The first-order chi connectivity index (χ1) is 4.98. The second-order valence-electron chi connectivity index (χ2n) is 1.68. The maximum Gasteiger partial charge on any atom is 0.304 e. The SMILES string of the molecule is N#CNS(=O)(=O)CCC(=O)O. The van der Waals surface area contributed by atoms with Gasteiger partial charge in [0.2, 0.25) is 10.0 Å². The Balaban J connectivity index is 3.96. The zero-order valence-electron chi connectivity index (χ0n) is 5.44. The summed E-state index contributed by atoms with van der Waals surface area (Å²) in [5.41, 5.74) is 0. The summed E-state index contributed by atoms with van der Waals surface area (Å²) in [6.07, 6.45) is 0.698. The first-order valence-electron chi connectivity index (χ1n) is 2.58. The van der Waals surface area contributed by atoms with Gasteiger partial charge in [0.05, 0.1) is 12.2 Å². The van der Waals surface area contributed by atoms with Crippen LogP contribution >= 0.6 is 0 Å². The van der Waals surface area contributed by atoms with Crippen molar-refractivity contribution in [1.29, 1.82) is 5.26 Å². The van der Waals surface area contributed by atoms with E-state index in [1.165, 1.54) is 10.9 Å². The topological polar surface area (TPSA) is 107 Å². The van der Waals surface area contributed by atoms with E-state index < -0.39 is 28.2 Å². The zero-order valence-corrected chi connectivity index (χ0v) is 6.26. The number of carboxylic acids is 1. The second kappa shape index (κ2) is 3.78. The lowest BCUT2D eigenvalue weighted by molar-refractivity contribution is -0.136. The molecule has 0 aromatic heterocycles. The van der Waals surface area contributed by atoms with Crippen LogP contribution in [0.4, 0.5) is 0 Å². The fourth-order valence-corrected chi connectivity index (χ4v) is 1.03. The average molecular weight is 178 g/mol. The Bertz CT molecular complexity index is 275. The summed E-state index contributed by atoms with van der Waals surface area (Å²) in [4.78, 5) is 9.88. The number of carbonyl (C=O) groups is 1. The quantitative estimate of drug-likeness (QED) is 0.418. The van der Waals surface area contributed by atoms with Gasteiger partial charge < -0.3 is 5.11 Å². The van der Waals surface area contributed by atoms with Crippen molar-refractivity contribution in [2.75, 3.05) is 5.75 Å². The molecule has 0 saturated carbocycles. The molecule has 6 nitrogen and oxygen atoms in total. The Morgan fingerprint density at radius 1 is 1.64 bits per heavy atom. The third-order valence-corrected chi connectivity index (χ3v) is 1.93. The predicted octanol–water partition coefficient (Wildman–Crippen LogP) is -1.14. The van der Waals surface area contributed by atoms with E-state index >= 15 is 0 Å². The molecule has 0 aliphatic carbocycles. The molecule has 0 fully saturated rings. The molecule has 0 unspecified atom stereocenters. The average Bonchev–Trinajstić information content (AvgIpc) is 1.84. The predicted molar refractivity (Wildman–Crippen MR) is 34.8 cm³/mol. The van der Waals surface area contributed by atoms with E-state index in [1.807, 2.05) is 0 Å². The largest absolute Gasteiger partial charge is 0.481 e. The van der Waals surface area contributed by atoms with E-state index in [4.69, 9.17) is 10.4 Å². The highest BCUT2D eigenvalue weighted by Crippen LogP contribution is 1.87. The van der Waals surface area contributed by atoms with E-state index in [-0.39, 0.29) is 0 Å². The first-order valence-corrected chi connectivity index (χ1v) is 4.23. The molecular formula is C4H6N2O4S. The number of carboxylic acid groups (broad SMARTS) is 1. The molecule has 11 heavy (non-hydrogen) atoms. The van der Waals surface area contributed by atoms with Gasteiger partial charge in [0.25, 0.3) is 0 Å². The van der Waals surface area contributed by atoms with Crippen LogP contribution in [0.3, 0.4) is 0 Å². The maximum absolute atomic E-state index is 10.5. The Hall–Kier alpha value is -1.29. The Morgan fingerprint density at radius 2 is 2.18 bits per heavy atom. The minimum absolute atomic E-state index is 0.503. The molecule has 0 bridgehead atoms. The smallest absolute Gasteiger partial charge is 0.304 e. The molecule has 0 spiro atoms. The number of hydrogen-bond acceptors (Lipinski definition) is 4. The molecule has 0 aromatic rings. The highest BCUT2D eigenvalue weighted by Gasteiger charge is 2.10. The molecule has 0 amide bonds.